The largest absolute Gasteiger partial charge is 0.457 e. The summed E-state index contributed by atoms with van der Waals surface area (Å²) in [6.07, 6.45) is 5.28. The first kappa shape index (κ1) is 35.3. The van der Waals surface area contributed by atoms with Gasteiger partial charge in [0.05, 0.1) is 10.6 Å². The first-order chi connectivity index (χ1) is 23.2. The molecule has 0 saturated heterocycles. The Labute approximate surface area is 292 Å². The summed E-state index contributed by atoms with van der Waals surface area (Å²) in [6, 6.07) is 27.8. The minimum atomic E-state index is -4.22. The zero-order chi connectivity index (χ0) is 34.1. The van der Waals surface area contributed by atoms with Gasteiger partial charge in [0.2, 0.25) is 11.8 Å². The number of hydrogen-bond acceptors (Lipinski definition) is 5. The van der Waals surface area contributed by atoms with E-state index in [9.17, 15) is 18.0 Å². The summed E-state index contributed by atoms with van der Waals surface area (Å²) < 4.78 is 35.3. The third kappa shape index (κ3) is 8.89. The van der Waals surface area contributed by atoms with Crippen LogP contribution in [0.2, 0.25) is 10.0 Å². The molecule has 0 spiro atoms. The summed E-state index contributed by atoms with van der Waals surface area (Å²) >= 11 is 12.7. The van der Waals surface area contributed by atoms with Crippen molar-refractivity contribution >= 4 is 50.7 Å². The molecule has 0 bridgehead atoms. The van der Waals surface area contributed by atoms with Gasteiger partial charge in [-0.05, 0) is 85.5 Å². The Balaban J connectivity index is 1.49. The molecule has 4 aromatic rings. The number of nitrogens with zero attached hydrogens (tertiary/aromatic N) is 2. The molecule has 2 amide bonds. The number of benzene rings is 4. The van der Waals surface area contributed by atoms with Crippen LogP contribution < -0.4 is 14.4 Å². The number of para-hydroxylation sites is 1. The maximum atomic E-state index is 14.4. The summed E-state index contributed by atoms with van der Waals surface area (Å²) in [6.45, 7) is 1.25. The van der Waals surface area contributed by atoms with Crippen molar-refractivity contribution in [1.29, 1.82) is 0 Å². The van der Waals surface area contributed by atoms with E-state index in [1.165, 1.54) is 17.0 Å². The zero-order valence-electron chi connectivity index (χ0n) is 26.7. The molecule has 11 heteroatoms. The molecule has 1 N–H and O–H groups in total. The number of hydrogen-bond donors (Lipinski definition) is 1. The molecule has 8 nitrogen and oxygen atoms in total. The van der Waals surface area contributed by atoms with Crippen molar-refractivity contribution in [2.75, 3.05) is 10.8 Å². The number of rotatable bonds is 13. The molecule has 0 aromatic heterocycles. The van der Waals surface area contributed by atoms with Gasteiger partial charge in [-0.1, -0.05) is 91.9 Å². The number of nitrogens with one attached hydrogen (secondary N) is 1. The highest BCUT2D eigenvalue weighted by atomic mass is 35.5. The van der Waals surface area contributed by atoms with Gasteiger partial charge in [0.15, 0.2) is 0 Å². The van der Waals surface area contributed by atoms with Gasteiger partial charge in [0, 0.05) is 22.6 Å². The first-order valence-corrected chi connectivity index (χ1v) is 18.3. The topological polar surface area (TPSA) is 96.0 Å². The Hall–Kier alpha value is -4.05. The van der Waals surface area contributed by atoms with Gasteiger partial charge in [0.1, 0.15) is 24.1 Å². The number of ether oxygens (including phenoxy) is 1. The van der Waals surface area contributed by atoms with Gasteiger partial charge in [-0.3, -0.25) is 13.9 Å². The molecule has 5 rings (SSSR count). The molecule has 0 aliphatic heterocycles. The Morgan fingerprint density at radius 1 is 0.854 bits per heavy atom. The normalized spacial score (nSPS) is 14.1. The Bertz CT molecular complexity index is 1790. The summed E-state index contributed by atoms with van der Waals surface area (Å²) in [5, 5.41) is 3.92. The molecular formula is C37H39Cl2N3O5S. The Kier molecular flexibility index (Phi) is 12.0. The third-order valence-electron chi connectivity index (χ3n) is 8.41. The molecule has 1 unspecified atom stereocenters. The van der Waals surface area contributed by atoms with E-state index < -0.39 is 28.5 Å². The lowest BCUT2D eigenvalue weighted by Gasteiger charge is -2.34. The number of carbonyl (C=O) groups is 2. The van der Waals surface area contributed by atoms with E-state index in [4.69, 9.17) is 27.9 Å². The highest BCUT2D eigenvalue weighted by molar-refractivity contribution is 7.92. The maximum absolute atomic E-state index is 14.4. The highest BCUT2D eigenvalue weighted by Gasteiger charge is 2.34. The van der Waals surface area contributed by atoms with Gasteiger partial charge in [0.25, 0.3) is 10.0 Å². The number of halogens is 2. The van der Waals surface area contributed by atoms with Crippen LogP contribution in [0.5, 0.6) is 11.5 Å². The summed E-state index contributed by atoms with van der Waals surface area (Å²) in [5.41, 5.74) is 0.843. The summed E-state index contributed by atoms with van der Waals surface area (Å²) in [4.78, 5) is 29.7. The summed E-state index contributed by atoms with van der Waals surface area (Å²) in [7, 11) is -4.22. The van der Waals surface area contributed by atoms with Crippen molar-refractivity contribution in [3.63, 3.8) is 0 Å². The molecule has 1 saturated carbocycles. The van der Waals surface area contributed by atoms with Crippen LogP contribution in [0.3, 0.4) is 0 Å². The Morgan fingerprint density at radius 3 is 2.10 bits per heavy atom. The smallest absolute Gasteiger partial charge is 0.264 e. The van der Waals surface area contributed by atoms with Crippen LogP contribution in [0.4, 0.5) is 5.69 Å². The van der Waals surface area contributed by atoms with Crippen molar-refractivity contribution < 1.29 is 22.7 Å². The van der Waals surface area contributed by atoms with Gasteiger partial charge < -0.3 is 15.0 Å². The highest BCUT2D eigenvalue weighted by Crippen LogP contribution is 2.30. The first-order valence-electron chi connectivity index (χ1n) is 16.1. The number of anilines is 1. The molecule has 0 radical (unpaired) electrons. The van der Waals surface area contributed by atoms with Crippen LogP contribution in [0.1, 0.15) is 51.0 Å². The number of sulfonamides is 1. The molecule has 48 heavy (non-hydrogen) atoms. The number of amides is 2. The average molecular weight is 709 g/mol. The van der Waals surface area contributed by atoms with E-state index in [-0.39, 0.29) is 29.1 Å². The SMILES string of the molecule is CCC(C(=O)NC1CCCCC1)N(Cc1ccc(Cl)cc1Cl)C(=O)CN(c1ccc(Oc2ccccc2)cc1)S(=O)(=O)c1ccccc1. The lowest BCUT2D eigenvalue weighted by Crippen LogP contribution is -2.54. The van der Waals surface area contributed by atoms with Gasteiger partial charge in [-0.25, -0.2) is 8.42 Å². The predicted molar refractivity (Wildman–Crippen MR) is 190 cm³/mol. The van der Waals surface area contributed by atoms with Crippen LogP contribution in [0.15, 0.2) is 108 Å². The van der Waals surface area contributed by atoms with Crippen LogP contribution in [0, 0.1) is 0 Å². The van der Waals surface area contributed by atoms with E-state index in [0.717, 1.165) is 36.4 Å². The molecular weight excluding hydrogens is 669 g/mol. The molecule has 1 aliphatic rings. The second-order valence-corrected chi connectivity index (χ2v) is 14.5. The second-order valence-electron chi connectivity index (χ2n) is 11.8. The third-order valence-corrected chi connectivity index (χ3v) is 10.8. The molecule has 252 valence electrons. The van der Waals surface area contributed by atoms with Gasteiger partial charge >= 0.3 is 0 Å². The zero-order valence-corrected chi connectivity index (χ0v) is 29.1. The molecule has 0 heterocycles. The van der Waals surface area contributed by atoms with Gasteiger partial charge in [-0.2, -0.15) is 0 Å². The molecule has 1 atom stereocenters. The van der Waals surface area contributed by atoms with Gasteiger partial charge in [-0.15, -0.1) is 0 Å². The fraction of sp³-hybridized carbons (Fsp3) is 0.297. The predicted octanol–water partition coefficient (Wildman–Crippen LogP) is 8.24. The quantitative estimate of drug-likeness (QED) is 0.151. The molecule has 4 aromatic carbocycles. The van der Waals surface area contributed by atoms with E-state index in [2.05, 4.69) is 5.32 Å². The van der Waals surface area contributed by atoms with Crippen LogP contribution >= 0.6 is 23.2 Å². The maximum Gasteiger partial charge on any atom is 0.264 e. The van der Waals surface area contributed by atoms with Crippen molar-refractivity contribution in [3.05, 3.63) is 119 Å². The van der Waals surface area contributed by atoms with Crippen molar-refractivity contribution in [2.45, 2.75) is 69.0 Å². The average Bonchev–Trinajstić information content (AvgIpc) is 3.09. The minimum absolute atomic E-state index is 0.0193. The standard InChI is InChI=1S/C37H39Cl2N3O5S/c1-2-35(37(44)40-29-12-6-3-7-13-29)41(25-27-18-19-28(38)24-34(27)39)36(43)26-42(48(45,46)33-16-10-5-11-17-33)30-20-22-32(23-21-30)47-31-14-8-4-9-15-31/h4-5,8-11,14-24,29,35H,2-3,6-7,12-13,25-26H2,1H3,(H,40,44). The molecule has 1 fully saturated rings. The van der Waals surface area contributed by atoms with Crippen LogP contribution in [-0.2, 0) is 26.2 Å². The summed E-state index contributed by atoms with van der Waals surface area (Å²) in [5.74, 6) is 0.291. The van der Waals surface area contributed by atoms with Crippen molar-refractivity contribution in [1.82, 2.24) is 10.2 Å². The van der Waals surface area contributed by atoms with Crippen LogP contribution in [-0.4, -0.2) is 43.8 Å². The second kappa shape index (κ2) is 16.4. The van der Waals surface area contributed by atoms with Crippen molar-refractivity contribution in [2.24, 2.45) is 0 Å². The minimum Gasteiger partial charge on any atom is -0.457 e. The van der Waals surface area contributed by atoms with Crippen molar-refractivity contribution in [3.8, 4) is 11.5 Å². The fourth-order valence-electron chi connectivity index (χ4n) is 5.85. The van der Waals surface area contributed by atoms with E-state index >= 15 is 0 Å². The van der Waals surface area contributed by atoms with E-state index in [1.54, 1.807) is 60.7 Å². The fourth-order valence-corrected chi connectivity index (χ4v) is 7.75. The lowest BCUT2D eigenvalue weighted by molar-refractivity contribution is -0.140. The Morgan fingerprint density at radius 2 is 1.48 bits per heavy atom. The molecule has 1 aliphatic carbocycles. The lowest BCUT2D eigenvalue weighted by atomic mass is 9.95. The van der Waals surface area contributed by atoms with E-state index in [0.29, 0.717) is 33.5 Å². The monoisotopic (exact) mass is 707 g/mol. The van der Waals surface area contributed by atoms with E-state index in [1.807, 2.05) is 37.3 Å². The number of carbonyl (C=O) groups excluding carboxylic acids is 2. The van der Waals surface area contributed by atoms with Crippen LogP contribution in [0.25, 0.3) is 0 Å².